The summed E-state index contributed by atoms with van der Waals surface area (Å²) in [5.41, 5.74) is 0. The van der Waals surface area contributed by atoms with Gasteiger partial charge in [0.2, 0.25) is 5.91 Å². The zero-order chi connectivity index (χ0) is 10.8. The van der Waals surface area contributed by atoms with Gasteiger partial charge in [-0.2, -0.15) is 0 Å². The predicted octanol–water partition coefficient (Wildman–Crippen LogP) is 0.263. The highest BCUT2D eigenvalue weighted by Crippen LogP contribution is 1.93. The van der Waals surface area contributed by atoms with E-state index in [1.807, 2.05) is 6.92 Å². The fourth-order valence-electron chi connectivity index (χ4n) is 1.13. The van der Waals surface area contributed by atoms with Crippen LogP contribution >= 0.6 is 0 Å². The van der Waals surface area contributed by atoms with Crippen molar-refractivity contribution in [3.63, 3.8) is 0 Å². The molecule has 0 heterocycles. The fourth-order valence-corrected chi connectivity index (χ4v) is 1.13. The zero-order valence-electron chi connectivity index (χ0n) is 9.18. The van der Waals surface area contributed by atoms with Gasteiger partial charge in [0.15, 0.2) is 0 Å². The van der Waals surface area contributed by atoms with Crippen molar-refractivity contribution in [1.29, 1.82) is 0 Å². The number of carbonyl (C=O) groups excluding carboxylic acids is 1. The van der Waals surface area contributed by atoms with Gasteiger partial charge in [0, 0.05) is 19.5 Å². The number of nitrogens with one attached hydrogen (secondary N) is 2. The highest BCUT2D eigenvalue weighted by molar-refractivity contribution is 5.75. The molecule has 0 aromatic rings. The first-order valence-electron chi connectivity index (χ1n) is 5.32. The molecule has 3 N–H and O–H groups in total. The summed E-state index contributed by atoms with van der Waals surface area (Å²) in [6.45, 7) is 5.97. The monoisotopic (exact) mass is 202 g/mol. The van der Waals surface area contributed by atoms with Crippen LogP contribution in [-0.4, -0.2) is 36.8 Å². The van der Waals surface area contributed by atoms with Crippen LogP contribution in [0.4, 0.5) is 0 Å². The van der Waals surface area contributed by atoms with E-state index in [2.05, 4.69) is 10.6 Å². The van der Waals surface area contributed by atoms with E-state index in [0.717, 1.165) is 19.4 Å². The molecule has 84 valence electrons. The number of rotatable bonds is 8. The van der Waals surface area contributed by atoms with E-state index in [-0.39, 0.29) is 12.0 Å². The van der Waals surface area contributed by atoms with Crippen LogP contribution in [0.15, 0.2) is 0 Å². The van der Waals surface area contributed by atoms with Gasteiger partial charge in [-0.1, -0.05) is 0 Å². The van der Waals surface area contributed by atoms with E-state index in [1.54, 1.807) is 6.92 Å². The number of aliphatic hydroxyl groups excluding tert-OH is 1. The minimum absolute atomic E-state index is 0.0931. The molecular weight excluding hydrogens is 180 g/mol. The Morgan fingerprint density at radius 3 is 2.71 bits per heavy atom. The SMILES string of the molecule is CCNC(=O)CCNCCCC(C)O. The number of aliphatic hydroxyl groups is 1. The molecule has 0 saturated heterocycles. The van der Waals surface area contributed by atoms with E-state index in [0.29, 0.717) is 19.5 Å². The van der Waals surface area contributed by atoms with Crippen molar-refractivity contribution in [3.8, 4) is 0 Å². The van der Waals surface area contributed by atoms with Gasteiger partial charge in [-0.05, 0) is 33.2 Å². The van der Waals surface area contributed by atoms with Crippen LogP contribution in [0.25, 0.3) is 0 Å². The maximum Gasteiger partial charge on any atom is 0.221 e. The highest BCUT2D eigenvalue weighted by Gasteiger charge is 1.98. The quantitative estimate of drug-likeness (QED) is 0.495. The number of amides is 1. The molecule has 4 nitrogen and oxygen atoms in total. The number of hydrogen-bond donors (Lipinski definition) is 3. The molecule has 0 rings (SSSR count). The number of hydrogen-bond acceptors (Lipinski definition) is 3. The van der Waals surface area contributed by atoms with Crippen LogP contribution in [0.3, 0.4) is 0 Å². The maximum absolute atomic E-state index is 11.0. The Morgan fingerprint density at radius 1 is 1.43 bits per heavy atom. The van der Waals surface area contributed by atoms with Gasteiger partial charge >= 0.3 is 0 Å². The largest absolute Gasteiger partial charge is 0.393 e. The molecule has 1 amide bonds. The Morgan fingerprint density at radius 2 is 2.14 bits per heavy atom. The first-order valence-corrected chi connectivity index (χ1v) is 5.32. The molecule has 0 aromatic carbocycles. The predicted molar refractivity (Wildman–Crippen MR) is 57.1 cm³/mol. The minimum Gasteiger partial charge on any atom is -0.393 e. The first kappa shape index (κ1) is 13.4. The van der Waals surface area contributed by atoms with Gasteiger partial charge in [-0.3, -0.25) is 4.79 Å². The number of carbonyl (C=O) groups is 1. The molecule has 0 aliphatic heterocycles. The lowest BCUT2D eigenvalue weighted by atomic mass is 10.2. The molecule has 0 aliphatic carbocycles. The second-order valence-corrected chi connectivity index (χ2v) is 3.44. The van der Waals surface area contributed by atoms with Gasteiger partial charge in [0.25, 0.3) is 0 Å². The third kappa shape index (κ3) is 9.48. The standard InChI is InChI=1S/C10H22N2O2/c1-3-12-10(14)6-8-11-7-4-5-9(2)13/h9,11,13H,3-8H2,1-2H3,(H,12,14). The van der Waals surface area contributed by atoms with Gasteiger partial charge in [-0.15, -0.1) is 0 Å². The summed E-state index contributed by atoms with van der Waals surface area (Å²) in [4.78, 5) is 11.0. The van der Waals surface area contributed by atoms with Gasteiger partial charge in [0.1, 0.15) is 0 Å². The molecule has 4 heteroatoms. The molecule has 14 heavy (non-hydrogen) atoms. The lowest BCUT2D eigenvalue weighted by Crippen LogP contribution is -2.27. The first-order chi connectivity index (χ1) is 6.66. The molecule has 0 spiro atoms. The van der Waals surface area contributed by atoms with Crippen LogP contribution in [-0.2, 0) is 4.79 Å². The Balaban J connectivity index is 3.09. The van der Waals surface area contributed by atoms with Gasteiger partial charge < -0.3 is 15.7 Å². The lowest BCUT2D eigenvalue weighted by Gasteiger charge is -2.06. The third-order valence-corrected chi connectivity index (χ3v) is 1.88. The zero-order valence-corrected chi connectivity index (χ0v) is 9.18. The summed E-state index contributed by atoms with van der Waals surface area (Å²) in [6.07, 6.45) is 2.07. The third-order valence-electron chi connectivity index (χ3n) is 1.88. The Labute approximate surface area is 86.1 Å². The van der Waals surface area contributed by atoms with Crippen molar-refractivity contribution in [2.45, 2.75) is 39.2 Å². The Hall–Kier alpha value is -0.610. The topological polar surface area (TPSA) is 61.4 Å². The molecule has 0 saturated carbocycles. The second kappa shape index (κ2) is 8.97. The average Bonchev–Trinajstić information content (AvgIpc) is 2.11. The van der Waals surface area contributed by atoms with E-state index < -0.39 is 0 Å². The molecule has 0 aliphatic rings. The van der Waals surface area contributed by atoms with Crippen LogP contribution < -0.4 is 10.6 Å². The maximum atomic E-state index is 11.0. The van der Waals surface area contributed by atoms with Crippen molar-refractivity contribution in [1.82, 2.24) is 10.6 Å². The summed E-state index contributed by atoms with van der Waals surface area (Å²) in [5.74, 6) is 0.0931. The van der Waals surface area contributed by atoms with Crippen molar-refractivity contribution in [2.24, 2.45) is 0 Å². The molecule has 0 radical (unpaired) electrons. The Kier molecular flexibility index (Phi) is 8.57. The minimum atomic E-state index is -0.222. The summed E-state index contributed by atoms with van der Waals surface area (Å²) < 4.78 is 0. The van der Waals surface area contributed by atoms with Crippen LogP contribution in [0.1, 0.15) is 33.1 Å². The summed E-state index contributed by atoms with van der Waals surface area (Å²) in [6, 6.07) is 0. The summed E-state index contributed by atoms with van der Waals surface area (Å²) in [5, 5.41) is 14.9. The van der Waals surface area contributed by atoms with Gasteiger partial charge in [-0.25, -0.2) is 0 Å². The van der Waals surface area contributed by atoms with Crippen molar-refractivity contribution >= 4 is 5.91 Å². The van der Waals surface area contributed by atoms with Gasteiger partial charge in [0.05, 0.1) is 6.10 Å². The Bertz CT molecular complexity index is 149. The second-order valence-electron chi connectivity index (χ2n) is 3.44. The highest BCUT2D eigenvalue weighted by atomic mass is 16.3. The van der Waals surface area contributed by atoms with E-state index in [4.69, 9.17) is 5.11 Å². The molecule has 1 atom stereocenters. The fraction of sp³-hybridized carbons (Fsp3) is 0.900. The normalized spacial score (nSPS) is 12.5. The lowest BCUT2D eigenvalue weighted by molar-refractivity contribution is -0.120. The molecule has 0 bridgehead atoms. The van der Waals surface area contributed by atoms with Crippen LogP contribution in [0.5, 0.6) is 0 Å². The van der Waals surface area contributed by atoms with E-state index in [9.17, 15) is 4.79 Å². The van der Waals surface area contributed by atoms with Crippen LogP contribution in [0.2, 0.25) is 0 Å². The molecular formula is C10H22N2O2. The summed E-state index contributed by atoms with van der Waals surface area (Å²) in [7, 11) is 0. The molecule has 0 fully saturated rings. The molecule has 0 aromatic heterocycles. The van der Waals surface area contributed by atoms with Crippen molar-refractivity contribution < 1.29 is 9.90 Å². The average molecular weight is 202 g/mol. The van der Waals surface area contributed by atoms with E-state index >= 15 is 0 Å². The smallest absolute Gasteiger partial charge is 0.221 e. The van der Waals surface area contributed by atoms with Crippen LogP contribution in [0, 0.1) is 0 Å². The van der Waals surface area contributed by atoms with E-state index in [1.165, 1.54) is 0 Å². The van der Waals surface area contributed by atoms with Crippen molar-refractivity contribution in [3.05, 3.63) is 0 Å². The van der Waals surface area contributed by atoms with Crippen molar-refractivity contribution in [2.75, 3.05) is 19.6 Å². The summed E-state index contributed by atoms with van der Waals surface area (Å²) >= 11 is 0. The molecule has 1 unspecified atom stereocenters.